The first-order chi connectivity index (χ1) is 7.69. The molecule has 0 aliphatic carbocycles. The van der Waals surface area contributed by atoms with Crippen LogP contribution >= 0.6 is 0 Å². The molecular weight excluding hydrogens is 202 g/mol. The molecule has 0 bridgehead atoms. The van der Waals surface area contributed by atoms with Crippen LogP contribution in [0.15, 0.2) is 35.9 Å². The van der Waals surface area contributed by atoms with Gasteiger partial charge in [-0.05, 0) is 18.6 Å². The molecule has 0 heterocycles. The molecule has 0 unspecified atom stereocenters. The predicted molar refractivity (Wildman–Crippen MR) is 63.8 cm³/mol. The summed E-state index contributed by atoms with van der Waals surface area (Å²) in [6.45, 7) is 2.45. The van der Waals surface area contributed by atoms with Crippen molar-refractivity contribution in [2.45, 2.75) is 6.92 Å². The highest BCUT2D eigenvalue weighted by atomic mass is 16.2. The molecule has 0 aromatic heterocycles. The van der Waals surface area contributed by atoms with E-state index < -0.39 is 0 Å². The van der Waals surface area contributed by atoms with Gasteiger partial charge in [-0.3, -0.25) is 9.59 Å². The van der Waals surface area contributed by atoms with Gasteiger partial charge in [-0.15, -0.1) is 0 Å². The fraction of sp³-hybridized carbons (Fsp3) is 0.231. The quantitative estimate of drug-likeness (QED) is 0.333. The Hall–Kier alpha value is -1.90. The molecule has 0 spiro atoms. The Bertz CT molecular complexity index is 396. The van der Waals surface area contributed by atoms with Crippen molar-refractivity contribution in [1.29, 1.82) is 0 Å². The topological polar surface area (TPSA) is 37.4 Å². The molecule has 3 nitrogen and oxygen atoms in total. The number of likely N-dealkylation sites (N-methyl/N-ethyl adjacent to an activating group) is 1. The fourth-order valence-corrected chi connectivity index (χ4v) is 1.24. The van der Waals surface area contributed by atoms with Gasteiger partial charge in [0.1, 0.15) is 0 Å². The van der Waals surface area contributed by atoms with E-state index in [2.05, 4.69) is 0 Å². The number of rotatable bonds is 4. The Morgan fingerprint density at radius 1 is 1.31 bits per heavy atom. The zero-order valence-electron chi connectivity index (χ0n) is 9.51. The molecule has 84 valence electrons. The lowest BCUT2D eigenvalue weighted by atomic mass is 10.1. The van der Waals surface area contributed by atoms with Crippen molar-refractivity contribution in [1.82, 2.24) is 4.90 Å². The molecule has 1 amide bonds. The summed E-state index contributed by atoms with van der Waals surface area (Å²) in [5.41, 5.74) is 1.03. The first kappa shape index (κ1) is 12.2. The summed E-state index contributed by atoms with van der Waals surface area (Å²) in [4.78, 5) is 24.1. The number of nitrogens with zero attached hydrogens (tertiary/aromatic N) is 1. The normalized spacial score (nSPS) is 11.0. The van der Waals surface area contributed by atoms with Crippen molar-refractivity contribution in [3.05, 3.63) is 41.5 Å². The fourth-order valence-electron chi connectivity index (χ4n) is 1.24. The van der Waals surface area contributed by atoms with Gasteiger partial charge in [-0.1, -0.05) is 30.3 Å². The minimum absolute atomic E-state index is 0.176. The number of benzene rings is 1. The molecule has 0 N–H and O–H groups in total. The maximum absolute atomic E-state index is 11.7. The molecule has 16 heavy (non-hydrogen) atoms. The van der Waals surface area contributed by atoms with Gasteiger partial charge in [-0.2, -0.15) is 0 Å². The summed E-state index contributed by atoms with van der Waals surface area (Å²) in [5, 5.41) is 0. The summed E-state index contributed by atoms with van der Waals surface area (Å²) in [5.74, 6) is -0.249. The van der Waals surface area contributed by atoms with E-state index in [0.29, 0.717) is 12.8 Å². The smallest absolute Gasteiger partial charge is 0.256 e. The maximum atomic E-state index is 11.7. The molecule has 0 saturated heterocycles. The lowest BCUT2D eigenvalue weighted by Crippen LogP contribution is -2.28. The molecule has 0 radical (unpaired) electrons. The van der Waals surface area contributed by atoms with E-state index in [9.17, 15) is 9.59 Å². The third kappa shape index (κ3) is 3.05. The van der Waals surface area contributed by atoms with Crippen LogP contribution in [-0.4, -0.2) is 30.7 Å². The van der Waals surface area contributed by atoms with Crippen LogP contribution in [0.4, 0.5) is 0 Å². The monoisotopic (exact) mass is 217 g/mol. The second kappa shape index (κ2) is 5.85. The van der Waals surface area contributed by atoms with Crippen LogP contribution in [0.25, 0.3) is 6.08 Å². The second-order valence-electron chi connectivity index (χ2n) is 3.45. The Labute approximate surface area is 95.4 Å². The number of carbonyl (C=O) groups is 2. The minimum atomic E-state index is -0.249. The zero-order valence-corrected chi connectivity index (χ0v) is 9.51. The van der Waals surface area contributed by atoms with Gasteiger partial charge in [0.05, 0.1) is 5.57 Å². The Morgan fingerprint density at radius 2 is 1.94 bits per heavy atom. The van der Waals surface area contributed by atoms with Crippen LogP contribution < -0.4 is 0 Å². The summed E-state index contributed by atoms with van der Waals surface area (Å²) < 4.78 is 0. The van der Waals surface area contributed by atoms with Crippen LogP contribution in [0.1, 0.15) is 12.5 Å². The highest BCUT2D eigenvalue weighted by molar-refractivity contribution is 6.14. The van der Waals surface area contributed by atoms with Crippen LogP contribution in [0.3, 0.4) is 0 Å². The van der Waals surface area contributed by atoms with Crippen molar-refractivity contribution in [2.75, 3.05) is 13.6 Å². The zero-order chi connectivity index (χ0) is 12.0. The molecule has 1 aromatic rings. The van der Waals surface area contributed by atoms with Crippen LogP contribution in [-0.2, 0) is 9.59 Å². The molecule has 0 saturated carbocycles. The van der Waals surface area contributed by atoms with E-state index in [1.54, 1.807) is 13.1 Å². The van der Waals surface area contributed by atoms with Gasteiger partial charge in [0.2, 0.25) is 0 Å². The van der Waals surface area contributed by atoms with Crippen LogP contribution in [0, 0.1) is 0 Å². The Morgan fingerprint density at radius 3 is 2.44 bits per heavy atom. The lowest BCUT2D eigenvalue weighted by molar-refractivity contribution is -0.126. The molecule has 1 rings (SSSR count). The first-order valence-electron chi connectivity index (χ1n) is 5.16. The Kier molecular flexibility index (Phi) is 4.45. The maximum Gasteiger partial charge on any atom is 0.256 e. The lowest BCUT2D eigenvalue weighted by Gasteiger charge is -2.13. The van der Waals surface area contributed by atoms with Crippen molar-refractivity contribution in [3.63, 3.8) is 0 Å². The highest BCUT2D eigenvalue weighted by Gasteiger charge is 2.12. The molecule has 0 aliphatic rings. The summed E-state index contributed by atoms with van der Waals surface area (Å²) >= 11 is 0. The number of amides is 1. The van der Waals surface area contributed by atoms with E-state index in [1.807, 2.05) is 37.3 Å². The van der Waals surface area contributed by atoms with Gasteiger partial charge < -0.3 is 4.90 Å². The van der Waals surface area contributed by atoms with Gasteiger partial charge in [0.25, 0.3) is 5.91 Å². The van der Waals surface area contributed by atoms with Gasteiger partial charge in [0.15, 0.2) is 6.29 Å². The van der Waals surface area contributed by atoms with Gasteiger partial charge in [0, 0.05) is 13.6 Å². The number of hydrogen-bond donors (Lipinski definition) is 0. The van der Waals surface area contributed by atoms with Crippen molar-refractivity contribution in [3.8, 4) is 0 Å². The number of carbonyl (C=O) groups excluding carboxylic acids is 2. The van der Waals surface area contributed by atoms with Crippen LogP contribution in [0.5, 0.6) is 0 Å². The van der Waals surface area contributed by atoms with E-state index >= 15 is 0 Å². The van der Waals surface area contributed by atoms with Gasteiger partial charge in [-0.25, -0.2) is 0 Å². The van der Waals surface area contributed by atoms with Crippen LogP contribution in [0.2, 0.25) is 0 Å². The molecule has 3 heteroatoms. The predicted octanol–water partition coefficient (Wildman–Crippen LogP) is 1.75. The summed E-state index contributed by atoms with van der Waals surface area (Å²) in [6.07, 6.45) is 2.20. The van der Waals surface area contributed by atoms with Crippen molar-refractivity contribution >= 4 is 18.3 Å². The molecule has 1 aromatic carbocycles. The largest absolute Gasteiger partial charge is 0.342 e. The number of aldehydes is 1. The van der Waals surface area contributed by atoms with Crippen molar-refractivity contribution < 1.29 is 9.59 Å². The minimum Gasteiger partial charge on any atom is -0.342 e. The first-order valence-corrected chi connectivity index (χ1v) is 5.16. The number of hydrogen-bond acceptors (Lipinski definition) is 2. The van der Waals surface area contributed by atoms with Crippen molar-refractivity contribution in [2.24, 2.45) is 0 Å². The second-order valence-corrected chi connectivity index (χ2v) is 3.45. The average molecular weight is 217 g/mol. The third-order valence-electron chi connectivity index (χ3n) is 2.32. The highest BCUT2D eigenvalue weighted by Crippen LogP contribution is 2.07. The summed E-state index contributed by atoms with van der Waals surface area (Å²) in [6, 6.07) is 9.31. The third-order valence-corrected chi connectivity index (χ3v) is 2.32. The average Bonchev–Trinajstić information content (AvgIpc) is 2.35. The molecule has 0 fully saturated rings. The van der Waals surface area contributed by atoms with E-state index in [-0.39, 0.29) is 11.5 Å². The molecule has 0 aliphatic heterocycles. The van der Waals surface area contributed by atoms with E-state index in [1.165, 1.54) is 4.90 Å². The molecule has 0 atom stereocenters. The molecular formula is C13H15NO2. The van der Waals surface area contributed by atoms with E-state index in [0.717, 1.165) is 5.56 Å². The van der Waals surface area contributed by atoms with Gasteiger partial charge >= 0.3 is 0 Å². The SMILES string of the molecule is CCN(C)C(=O)C(C=O)=Cc1ccccc1. The van der Waals surface area contributed by atoms with E-state index in [4.69, 9.17) is 0 Å². The standard InChI is InChI=1S/C13H15NO2/c1-3-14(2)13(16)12(10-15)9-11-7-5-4-6-8-11/h4-10H,3H2,1-2H3. The Balaban J connectivity index is 2.95. The summed E-state index contributed by atoms with van der Waals surface area (Å²) in [7, 11) is 1.67.